The number of hydrogen-bond donors (Lipinski definition) is 3. The van der Waals surface area contributed by atoms with Crippen molar-refractivity contribution in [2.45, 2.75) is 42.4 Å². The predicted molar refractivity (Wildman–Crippen MR) is 117 cm³/mol. The third kappa shape index (κ3) is 6.26. The van der Waals surface area contributed by atoms with E-state index >= 15 is 0 Å². The van der Waals surface area contributed by atoms with Crippen molar-refractivity contribution in [2.75, 3.05) is 12.4 Å². The number of carbonyl (C=O) groups is 1. The van der Waals surface area contributed by atoms with Crippen LogP contribution in [0.5, 0.6) is 5.75 Å². The van der Waals surface area contributed by atoms with Gasteiger partial charge in [-0.2, -0.15) is 0 Å². The number of amides is 1. The van der Waals surface area contributed by atoms with Crippen LogP contribution in [0.4, 0.5) is 5.69 Å². The van der Waals surface area contributed by atoms with E-state index in [2.05, 4.69) is 10.0 Å². The molecule has 11 heteroatoms. The van der Waals surface area contributed by atoms with E-state index in [9.17, 15) is 21.6 Å². The maximum atomic E-state index is 12.9. The van der Waals surface area contributed by atoms with Crippen LogP contribution in [0.2, 0.25) is 0 Å². The van der Waals surface area contributed by atoms with Gasteiger partial charge in [0.05, 0.1) is 12.9 Å². The molecule has 0 aliphatic heterocycles. The maximum absolute atomic E-state index is 12.9. The Hall–Kier alpha value is -2.47. The van der Waals surface area contributed by atoms with E-state index in [1.807, 2.05) is 0 Å². The Morgan fingerprint density at radius 3 is 2.45 bits per heavy atom. The lowest BCUT2D eigenvalue weighted by Crippen LogP contribution is -2.33. The summed E-state index contributed by atoms with van der Waals surface area (Å²) in [7, 11) is -6.23. The summed E-state index contributed by atoms with van der Waals surface area (Å²) in [5.74, 6) is -0.779. The van der Waals surface area contributed by atoms with Crippen LogP contribution in [-0.2, 0) is 25.8 Å². The van der Waals surface area contributed by atoms with Gasteiger partial charge in [0.2, 0.25) is 20.0 Å². The maximum Gasteiger partial charge on any atom is 0.255 e. The molecule has 168 valence electrons. The van der Waals surface area contributed by atoms with E-state index < -0.39 is 26.0 Å². The van der Waals surface area contributed by atoms with Crippen molar-refractivity contribution in [1.82, 2.24) is 4.72 Å². The Kier molecular flexibility index (Phi) is 6.99. The molecule has 1 amide bonds. The zero-order chi connectivity index (χ0) is 22.6. The van der Waals surface area contributed by atoms with Gasteiger partial charge in [0.1, 0.15) is 10.6 Å². The number of sulfonamides is 2. The lowest BCUT2D eigenvalue weighted by Gasteiger charge is -2.16. The van der Waals surface area contributed by atoms with Gasteiger partial charge in [0.15, 0.2) is 0 Å². The first-order valence-electron chi connectivity index (χ1n) is 9.68. The first-order chi connectivity index (χ1) is 14.6. The summed E-state index contributed by atoms with van der Waals surface area (Å²) in [6, 6.07) is 10.3. The van der Waals surface area contributed by atoms with Crippen molar-refractivity contribution >= 4 is 31.6 Å². The van der Waals surface area contributed by atoms with E-state index in [4.69, 9.17) is 9.88 Å². The number of carbonyl (C=O) groups excluding carboxylic acids is 1. The molecule has 31 heavy (non-hydrogen) atoms. The van der Waals surface area contributed by atoms with Gasteiger partial charge in [-0.15, -0.1) is 0 Å². The number of rotatable bonds is 8. The molecule has 2 aromatic carbocycles. The topological polar surface area (TPSA) is 145 Å². The Balaban J connectivity index is 1.84. The van der Waals surface area contributed by atoms with Crippen LogP contribution >= 0.6 is 0 Å². The van der Waals surface area contributed by atoms with Gasteiger partial charge >= 0.3 is 0 Å². The second-order valence-electron chi connectivity index (χ2n) is 7.43. The van der Waals surface area contributed by atoms with E-state index in [1.165, 1.54) is 31.4 Å². The Morgan fingerprint density at radius 2 is 1.81 bits per heavy atom. The third-order valence-electron chi connectivity index (χ3n) is 4.95. The average molecular weight is 468 g/mol. The predicted octanol–water partition coefficient (Wildman–Crippen LogP) is 1.96. The number of methoxy groups -OCH3 is 1. The summed E-state index contributed by atoms with van der Waals surface area (Å²) in [4.78, 5) is 12.6. The van der Waals surface area contributed by atoms with Crippen molar-refractivity contribution in [3.05, 3.63) is 53.6 Å². The van der Waals surface area contributed by atoms with Crippen LogP contribution in [0.15, 0.2) is 47.4 Å². The molecule has 9 nitrogen and oxygen atoms in total. The van der Waals surface area contributed by atoms with Crippen LogP contribution < -0.4 is 19.9 Å². The fraction of sp³-hybridized carbons (Fsp3) is 0.350. The number of benzene rings is 2. The normalized spacial score (nSPS) is 15.0. The van der Waals surface area contributed by atoms with Crippen molar-refractivity contribution < 1.29 is 26.4 Å². The fourth-order valence-electron chi connectivity index (χ4n) is 3.53. The van der Waals surface area contributed by atoms with Gasteiger partial charge in [-0.3, -0.25) is 4.79 Å². The Labute approximate surface area is 182 Å². The number of hydrogen-bond acceptors (Lipinski definition) is 6. The summed E-state index contributed by atoms with van der Waals surface area (Å²) >= 11 is 0. The van der Waals surface area contributed by atoms with Crippen LogP contribution in [0.3, 0.4) is 0 Å². The molecule has 1 saturated carbocycles. The molecule has 1 aliphatic rings. The number of nitrogens with one attached hydrogen (secondary N) is 2. The minimum absolute atomic E-state index is 0.113. The molecule has 1 fully saturated rings. The van der Waals surface area contributed by atoms with Crippen LogP contribution in [0, 0.1) is 0 Å². The summed E-state index contributed by atoms with van der Waals surface area (Å²) in [6.07, 6.45) is 3.49. The second kappa shape index (κ2) is 9.35. The molecule has 3 rings (SSSR count). The second-order valence-corrected chi connectivity index (χ2v) is 10.7. The number of primary sulfonamides is 1. The van der Waals surface area contributed by atoms with E-state index in [0.29, 0.717) is 11.3 Å². The first kappa shape index (κ1) is 23.2. The lowest BCUT2D eigenvalue weighted by atomic mass is 10.2. The van der Waals surface area contributed by atoms with Crippen molar-refractivity contribution in [1.29, 1.82) is 0 Å². The van der Waals surface area contributed by atoms with Gasteiger partial charge in [0, 0.05) is 17.3 Å². The molecule has 0 bridgehead atoms. The quantitative estimate of drug-likeness (QED) is 0.541. The summed E-state index contributed by atoms with van der Waals surface area (Å²) in [5.41, 5.74) is 0.888. The highest BCUT2D eigenvalue weighted by Gasteiger charge is 2.26. The van der Waals surface area contributed by atoms with E-state index in [1.54, 1.807) is 18.2 Å². The van der Waals surface area contributed by atoms with Gasteiger partial charge in [-0.1, -0.05) is 25.0 Å². The molecule has 0 heterocycles. The zero-order valence-electron chi connectivity index (χ0n) is 17.0. The van der Waals surface area contributed by atoms with Crippen LogP contribution in [0.25, 0.3) is 0 Å². The molecule has 2 aromatic rings. The lowest BCUT2D eigenvalue weighted by molar-refractivity contribution is 0.102. The minimum atomic E-state index is -3.88. The molecule has 0 saturated heterocycles. The molecule has 1 aliphatic carbocycles. The number of anilines is 1. The molecular formula is C20H25N3O6S2. The minimum Gasteiger partial charge on any atom is -0.495 e. The van der Waals surface area contributed by atoms with Crippen molar-refractivity contribution in [3.8, 4) is 5.75 Å². The standard InChI is InChI=1S/C20H25N3O6S2/c1-29-18-10-9-15(12-19(18)31(27,28)23-16-6-2-3-7-16)20(24)22-17-8-4-5-14(11-17)13-30(21,25)26/h4-5,8-12,16,23H,2-3,6-7,13H2,1H3,(H,22,24)(H2,21,25,26). The van der Waals surface area contributed by atoms with Crippen LogP contribution in [-0.4, -0.2) is 35.9 Å². The van der Waals surface area contributed by atoms with E-state index in [0.717, 1.165) is 25.7 Å². The first-order valence-corrected chi connectivity index (χ1v) is 12.9. The smallest absolute Gasteiger partial charge is 0.255 e. The Morgan fingerprint density at radius 1 is 1.10 bits per heavy atom. The van der Waals surface area contributed by atoms with Crippen molar-refractivity contribution in [2.24, 2.45) is 5.14 Å². The third-order valence-corrected chi connectivity index (χ3v) is 7.22. The molecule has 0 aromatic heterocycles. The number of nitrogens with two attached hydrogens (primary N) is 1. The Bertz CT molecular complexity index is 1170. The molecular weight excluding hydrogens is 442 g/mol. The van der Waals surface area contributed by atoms with E-state index in [-0.39, 0.29) is 28.0 Å². The monoisotopic (exact) mass is 467 g/mol. The SMILES string of the molecule is COc1ccc(C(=O)Nc2cccc(CS(N)(=O)=O)c2)cc1S(=O)(=O)NC1CCCC1. The summed E-state index contributed by atoms with van der Waals surface area (Å²) < 4.78 is 56.2. The molecule has 0 unspecified atom stereocenters. The summed E-state index contributed by atoms with van der Waals surface area (Å²) in [6.45, 7) is 0. The van der Waals surface area contributed by atoms with Gasteiger partial charge in [0.25, 0.3) is 5.91 Å². The van der Waals surface area contributed by atoms with Gasteiger partial charge in [-0.05, 0) is 48.7 Å². The zero-order valence-corrected chi connectivity index (χ0v) is 18.6. The summed E-state index contributed by atoms with van der Waals surface area (Å²) in [5, 5.41) is 7.71. The molecule has 0 radical (unpaired) electrons. The van der Waals surface area contributed by atoms with Crippen LogP contribution in [0.1, 0.15) is 41.6 Å². The molecule has 0 spiro atoms. The largest absolute Gasteiger partial charge is 0.495 e. The molecule has 4 N–H and O–H groups in total. The average Bonchev–Trinajstić information content (AvgIpc) is 3.18. The highest BCUT2D eigenvalue weighted by atomic mass is 32.2. The number of ether oxygens (including phenoxy) is 1. The molecule has 0 atom stereocenters. The van der Waals surface area contributed by atoms with Crippen molar-refractivity contribution in [3.63, 3.8) is 0 Å². The highest BCUT2D eigenvalue weighted by Crippen LogP contribution is 2.27. The highest BCUT2D eigenvalue weighted by molar-refractivity contribution is 7.89. The fourth-order valence-corrected chi connectivity index (χ4v) is 5.67. The van der Waals surface area contributed by atoms with Gasteiger partial charge < -0.3 is 10.1 Å². The van der Waals surface area contributed by atoms with Gasteiger partial charge in [-0.25, -0.2) is 26.7 Å².